The second kappa shape index (κ2) is 4.41. The molecule has 0 spiro atoms. The topological polar surface area (TPSA) is 86.2 Å². The lowest BCUT2D eigenvalue weighted by Gasteiger charge is -2.08. The van der Waals surface area contributed by atoms with E-state index in [4.69, 9.17) is 11.5 Å². The van der Waals surface area contributed by atoms with Gasteiger partial charge in [-0.05, 0) is 18.1 Å². The van der Waals surface area contributed by atoms with E-state index >= 15 is 0 Å². The van der Waals surface area contributed by atoms with Crippen LogP contribution in [0.2, 0.25) is 0 Å². The van der Waals surface area contributed by atoms with Gasteiger partial charge in [0.1, 0.15) is 0 Å². The molecule has 0 heterocycles. The molecule has 0 saturated heterocycles. The average molecular weight is 204 g/mol. The molecule has 0 fully saturated rings. The van der Waals surface area contributed by atoms with Crippen LogP contribution in [0.1, 0.15) is 26.3 Å². The molecule has 2 amide bonds. The Labute approximate surface area is 87.6 Å². The Morgan fingerprint density at radius 3 is 2.40 bits per heavy atom. The highest BCUT2D eigenvalue weighted by molar-refractivity contribution is 6.07. The summed E-state index contributed by atoms with van der Waals surface area (Å²) < 4.78 is 0. The van der Waals surface area contributed by atoms with Gasteiger partial charge in [-0.3, -0.25) is 9.59 Å². The Morgan fingerprint density at radius 2 is 1.93 bits per heavy atom. The van der Waals surface area contributed by atoms with E-state index in [2.05, 4.69) is 6.58 Å². The molecule has 0 radical (unpaired) electrons. The van der Waals surface area contributed by atoms with Crippen LogP contribution >= 0.6 is 0 Å². The summed E-state index contributed by atoms with van der Waals surface area (Å²) in [5.41, 5.74) is 11.3. The number of rotatable bonds is 4. The molecule has 0 saturated carbocycles. The molecule has 0 aliphatic rings. The summed E-state index contributed by atoms with van der Waals surface area (Å²) in [5.74, 6) is -1.31. The zero-order chi connectivity index (χ0) is 11.4. The second-order valence-electron chi connectivity index (χ2n) is 3.06. The van der Waals surface area contributed by atoms with Crippen LogP contribution in [0.25, 0.3) is 0 Å². The molecule has 4 nitrogen and oxygen atoms in total. The lowest BCUT2D eigenvalue weighted by Crippen LogP contribution is -2.22. The van der Waals surface area contributed by atoms with Crippen LogP contribution in [0.3, 0.4) is 0 Å². The molecule has 0 unspecified atom stereocenters. The van der Waals surface area contributed by atoms with Gasteiger partial charge >= 0.3 is 0 Å². The number of primary amides is 2. The summed E-state index contributed by atoms with van der Waals surface area (Å²) in [5, 5.41) is 0. The molecule has 0 bridgehead atoms. The monoisotopic (exact) mass is 204 g/mol. The number of hydrogen-bond acceptors (Lipinski definition) is 2. The predicted octanol–water partition coefficient (Wildman–Crippen LogP) is 0.613. The summed E-state index contributed by atoms with van der Waals surface area (Å²) in [6.45, 7) is 3.56. The Balaban J connectivity index is 3.40. The van der Waals surface area contributed by atoms with Gasteiger partial charge in [-0.2, -0.15) is 0 Å². The maximum absolute atomic E-state index is 11.2. The van der Waals surface area contributed by atoms with E-state index in [-0.39, 0.29) is 11.1 Å². The Bertz CT molecular complexity index is 425. The predicted molar refractivity (Wildman–Crippen MR) is 57.4 cm³/mol. The van der Waals surface area contributed by atoms with Gasteiger partial charge in [-0.15, -0.1) is 6.58 Å². The molecule has 4 N–H and O–H groups in total. The summed E-state index contributed by atoms with van der Waals surface area (Å²) in [6, 6.07) is 4.86. The number of amides is 2. The highest BCUT2D eigenvalue weighted by Gasteiger charge is 2.15. The van der Waals surface area contributed by atoms with E-state index in [9.17, 15) is 9.59 Å². The molecule has 0 aliphatic heterocycles. The molecule has 15 heavy (non-hydrogen) atoms. The second-order valence-corrected chi connectivity index (χ2v) is 3.06. The van der Waals surface area contributed by atoms with Crippen LogP contribution in [-0.4, -0.2) is 11.8 Å². The lowest BCUT2D eigenvalue weighted by atomic mass is 9.98. The molecule has 0 atom stereocenters. The normalized spacial score (nSPS) is 9.60. The fourth-order valence-electron chi connectivity index (χ4n) is 1.42. The third kappa shape index (κ3) is 2.22. The van der Waals surface area contributed by atoms with E-state index < -0.39 is 11.8 Å². The van der Waals surface area contributed by atoms with Crippen molar-refractivity contribution in [1.29, 1.82) is 0 Å². The SMILES string of the molecule is C=CCc1cccc(C(N)=O)c1C(N)=O. The molecule has 0 aromatic heterocycles. The van der Waals surface area contributed by atoms with E-state index in [1.54, 1.807) is 18.2 Å². The molecule has 0 aliphatic carbocycles. The van der Waals surface area contributed by atoms with Crippen molar-refractivity contribution in [2.75, 3.05) is 0 Å². The van der Waals surface area contributed by atoms with Crippen molar-refractivity contribution >= 4 is 11.8 Å². The van der Waals surface area contributed by atoms with Crippen molar-refractivity contribution in [3.8, 4) is 0 Å². The minimum Gasteiger partial charge on any atom is -0.366 e. The van der Waals surface area contributed by atoms with Crippen LogP contribution in [0.15, 0.2) is 30.9 Å². The van der Waals surface area contributed by atoms with Crippen LogP contribution < -0.4 is 11.5 Å². The van der Waals surface area contributed by atoms with Crippen LogP contribution in [0, 0.1) is 0 Å². The number of carbonyl (C=O) groups excluding carboxylic acids is 2. The van der Waals surface area contributed by atoms with Gasteiger partial charge in [0.05, 0.1) is 11.1 Å². The van der Waals surface area contributed by atoms with Gasteiger partial charge in [0, 0.05) is 0 Å². The number of allylic oxidation sites excluding steroid dienone is 1. The van der Waals surface area contributed by atoms with E-state index in [0.717, 1.165) is 0 Å². The quantitative estimate of drug-likeness (QED) is 0.704. The van der Waals surface area contributed by atoms with Crippen molar-refractivity contribution in [3.05, 3.63) is 47.5 Å². The van der Waals surface area contributed by atoms with Gasteiger partial charge < -0.3 is 11.5 Å². The summed E-state index contributed by atoms with van der Waals surface area (Å²) >= 11 is 0. The summed E-state index contributed by atoms with van der Waals surface area (Å²) in [4.78, 5) is 22.3. The van der Waals surface area contributed by atoms with E-state index in [1.165, 1.54) is 6.07 Å². The largest absolute Gasteiger partial charge is 0.366 e. The number of hydrogen-bond donors (Lipinski definition) is 2. The Hall–Kier alpha value is -2.10. The maximum atomic E-state index is 11.2. The van der Waals surface area contributed by atoms with E-state index in [1.807, 2.05) is 0 Å². The van der Waals surface area contributed by atoms with Gasteiger partial charge in [-0.25, -0.2) is 0 Å². The average Bonchev–Trinajstić information content (AvgIpc) is 2.17. The van der Waals surface area contributed by atoms with E-state index in [0.29, 0.717) is 12.0 Å². The standard InChI is InChI=1S/C11H12N2O2/c1-2-4-7-5-3-6-8(10(12)14)9(7)11(13)15/h2-3,5-6H,1,4H2,(H2,12,14)(H2,13,15). The lowest BCUT2D eigenvalue weighted by molar-refractivity contribution is 0.0966. The summed E-state index contributed by atoms with van der Waals surface area (Å²) in [7, 11) is 0. The maximum Gasteiger partial charge on any atom is 0.249 e. The van der Waals surface area contributed by atoms with Crippen molar-refractivity contribution in [1.82, 2.24) is 0 Å². The molecule has 4 heteroatoms. The molecule has 1 aromatic rings. The van der Waals surface area contributed by atoms with Crippen molar-refractivity contribution in [2.45, 2.75) is 6.42 Å². The van der Waals surface area contributed by atoms with Gasteiger partial charge in [0.15, 0.2) is 0 Å². The molecule has 1 aromatic carbocycles. The van der Waals surface area contributed by atoms with Crippen LogP contribution in [0.4, 0.5) is 0 Å². The fourth-order valence-corrected chi connectivity index (χ4v) is 1.42. The smallest absolute Gasteiger partial charge is 0.249 e. The summed E-state index contributed by atoms with van der Waals surface area (Å²) in [6.07, 6.45) is 2.10. The third-order valence-electron chi connectivity index (χ3n) is 2.03. The molecular weight excluding hydrogens is 192 g/mol. The number of carbonyl (C=O) groups is 2. The minimum absolute atomic E-state index is 0.154. The Kier molecular flexibility index (Phi) is 3.23. The Morgan fingerprint density at radius 1 is 1.27 bits per heavy atom. The molecule has 1 rings (SSSR count). The first-order valence-corrected chi connectivity index (χ1v) is 4.40. The highest BCUT2D eigenvalue weighted by Crippen LogP contribution is 2.15. The first-order valence-electron chi connectivity index (χ1n) is 4.40. The van der Waals surface area contributed by atoms with Crippen LogP contribution in [0.5, 0.6) is 0 Å². The fraction of sp³-hybridized carbons (Fsp3) is 0.0909. The van der Waals surface area contributed by atoms with Gasteiger partial charge in [0.2, 0.25) is 11.8 Å². The van der Waals surface area contributed by atoms with Crippen molar-refractivity contribution in [3.63, 3.8) is 0 Å². The van der Waals surface area contributed by atoms with Gasteiger partial charge in [-0.1, -0.05) is 18.2 Å². The van der Waals surface area contributed by atoms with Crippen LogP contribution in [-0.2, 0) is 6.42 Å². The first-order chi connectivity index (χ1) is 7.07. The zero-order valence-electron chi connectivity index (χ0n) is 8.19. The minimum atomic E-state index is -0.658. The van der Waals surface area contributed by atoms with Crippen molar-refractivity contribution < 1.29 is 9.59 Å². The van der Waals surface area contributed by atoms with Crippen molar-refractivity contribution in [2.24, 2.45) is 11.5 Å². The van der Waals surface area contributed by atoms with Gasteiger partial charge in [0.25, 0.3) is 0 Å². The molecular formula is C11H12N2O2. The zero-order valence-corrected chi connectivity index (χ0v) is 8.19. The first kappa shape index (κ1) is 11.0. The molecule has 78 valence electrons. The highest BCUT2D eigenvalue weighted by atomic mass is 16.2. The third-order valence-corrected chi connectivity index (χ3v) is 2.03. The number of benzene rings is 1. The number of nitrogens with two attached hydrogens (primary N) is 2.